The molecule has 1 aromatic heterocycles. The van der Waals surface area contributed by atoms with Crippen LogP contribution in [0.3, 0.4) is 0 Å². The van der Waals surface area contributed by atoms with Crippen molar-refractivity contribution >= 4 is 45.1 Å². The molecule has 50 valence electrons. The summed E-state index contributed by atoms with van der Waals surface area (Å²) < 4.78 is 2.97. The molecule has 2 aromatic rings. The molecule has 0 spiro atoms. The van der Waals surface area contributed by atoms with Crippen molar-refractivity contribution in [2.24, 2.45) is 0 Å². The third kappa shape index (κ3) is 1.16. The van der Waals surface area contributed by atoms with Crippen LogP contribution in [0.4, 0.5) is 0 Å². The van der Waals surface area contributed by atoms with Crippen molar-refractivity contribution in [1.82, 2.24) is 0 Å². The van der Waals surface area contributed by atoms with Gasteiger partial charge >= 0.3 is 78.0 Å². The molecule has 0 aliphatic rings. The number of hydrogen-bond donors (Lipinski definition) is 0. The van der Waals surface area contributed by atoms with Crippen LogP contribution < -0.4 is 0 Å². The third-order valence-electron chi connectivity index (χ3n) is 1.40. The van der Waals surface area contributed by atoms with Gasteiger partial charge < -0.3 is 0 Å². The van der Waals surface area contributed by atoms with Crippen LogP contribution in [0, 0.1) is 0 Å². The SMILES string of the molecule is Brc1cc2ccccc2[te]1. The van der Waals surface area contributed by atoms with E-state index in [1.54, 1.807) is 3.40 Å². The maximum atomic E-state index is 3.54. The van der Waals surface area contributed by atoms with Gasteiger partial charge in [-0.15, -0.1) is 0 Å². The first-order chi connectivity index (χ1) is 4.86. The van der Waals surface area contributed by atoms with E-state index < -0.39 is 0 Å². The number of halogens is 1. The second-order valence-corrected chi connectivity index (χ2v) is 7.67. The molecule has 2 heteroatoms. The van der Waals surface area contributed by atoms with E-state index in [4.69, 9.17) is 0 Å². The van der Waals surface area contributed by atoms with Crippen LogP contribution in [-0.4, -0.2) is 20.4 Å². The van der Waals surface area contributed by atoms with Crippen LogP contribution in [0.2, 0.25) is 0 Å². The van der Waals surface area contributed by atoms with Crippen molar-refractivity contribution in [3.8, 4) is 0 Å². The monoisotopic (exact) mass is 310 g/mol. The van der Waals surface area contributed by atoms with Gasteiger partial charge in [-0.05, 0) is 0 Å². The quantitative estimate of drug-likeness (QED) is 0.657. The molecular weight excluding hydrogens is 304 g/mol. The standard InChI is InChI=1S/C8H5BrTe/c9-8-5-6-3-1-2-4-7(6)10-8/h1-5H. The van der Waals surface area contributed by atoms with Gasteiger partial charge in [0.1, 0.15) is 0 Å². The second-order valence-electron chi connectivity index (χ2n) is 2.09. The van der Waals surface area contributed by atoms with Crippen molar-refractivity contribution in [2.75, 3.05) is 0 Å². The topological polar surface area (TPSA) is 0 Å². The Labute approximate surface area is 77.6 Å². The molecule has 0 fully saturated rings. The van der Waals surface area contributed by atoms with Gasteiger partial charge in [-0.2, -0.15) is 0 Å². The maximum absolute atomic E-state index is 3.54. The zero-order valence-corrected chi connectivity index (χ0v) is 9.09. The minimum atomic E-state index is -0.0313. The summed E-state index contributed by atoms with van der Waals surface area (Å²) in [6, 6.07) is 10.8. The molecule has 2 rings (SSSR count). The molecule has 0 bridgehead atoms. The molecule has 1 aromatic carbocycles. The van der Waals surface area contributed by atoms with Crippen molar-refractivity contribution in [3.05, 3.63) is 32.8 Å². The van der Waals surface area contributed by atoms with Gasteiger partial charge in [0.15, 0.2) is 0 Å². The molecular formula is C8H5BrTe. The fraction of sp³-hybridized carbons (Fsp3) is 0. The van der Waals surface area contributed by atoms with Crippen molar-refractivity contribution in [3.63, 3.8) is 0 Å². The Balaban J connectivity index is 2.88. The summed E-state index contributed by atoms with van der Waals surface area (Å²) in [6.07, 6.45) is 0. The van der Waals surface area contributed by atoms with E-state index in [0.717, 1.165) is 0 Å². The van der Waals surface area contributed by atoms with E-state index >= 15 is 0 Å². The number of hydrogen-bond acceptors (Lipinski definition) is 0. The molecule has 0 unspecified atom stereocenters. The summed E-state index contributed by atoms with van der Waals surface area (Å²) in [7, 11) is 0. The zero-order chi connectivity index (χ0) is 6.97. The second kappa shape index (κ2) is 2.70. The van der Waals surface area contributed by atoms with Crippen LogP contribution in [0.15, 0.2) is 32.8 Å². The van der Waals surface area contributed by atoms with Crippen LogP contribution in [0.1, 0.15) is 0 Å². The van der Waals surface area contributed by atoms with Gasteiger partial charge in [-0.3, -0.25) is 0 Å². The van der Waals surface area contributed by atoms with Crippen LogP contribution >= 0.6 is 15.9 Å². The molecule has 0 saturated heterocycles. The summed E-state index contributed by atoms with van der Waals surface area (Å²) in [5, 5.41) is 1.41. The average Bonchev–Trinajstić information content (AvgIpc) is 2.27. The summed E-state index contributed by atoms with van der Waals surface area (Å²) in [6.45, 7) is 0. The van der Waals surface area contributed by atoms with E-state index in [1.165, 1.54) is 7.87 Å². The molecule has 0 nitrogen and oxygen atoms in total. The molecule has 0 N–H and O–H groups in total. The summed E-state index contributed by atoms with van der Waals surface area (Å²) in [5.74, 6) is 0. The molecule has 0 amide bonds. The summed E-state index contributed by atoms with van der Waals surface area (Å²) in [5.41, 5.74) is 0. The van der Waals surface area contributed by atoms with Crippen LogP contribution in [0.25, 0.3) is 8.79 Å². The van der Waals surface area contributed by atoms with Gasteiger partial charge in [0, 0.05) is 0 Å². The average molecular weight is 309 g/mol. The van der Waals surface area contributed by atoms with Gasteiger partial charge in [-0.25, -0.2) is 0 Å². The molecule has 0 saturated carbocycles. The Morgan fingerprint density at radius 2 is 2.00 bits per heavy atom. The minimum absolute atomic E-state index is 0.0313. The molecule has 1 heterocycles. The first-order valence-corrected chi connectivity index (χ1v) is 6.13. The van der Waals surface area contributed by atoms with Gasteiger partial charge in [0.2, 0.25) is 0 Å². The fourth-order valence-corrected chi connectivity index (χ4v) is 4.61. The zero-order valence-electron chi connectivity index (χ0n) is 5.17. The Bertz CT molecular complexity index is 318. The molecule has 0 aliphatic heterocycles. The number of benzene rings is 1. The Hall–Kier alpha value is 0.230. The molecule has 0 aliphatic carbocycles. The summed E-state index contributed by atoms with van der Waals surface area (Å²) >= 11 is 3.51. The van der Waals surface area contributed by atoms with E-state index in [0.29, 0.717) is 0 Å². The van der Waals surface area contributed by atoms with Crippen molar-refractivity contribution < 1.29 is 0 Å². The first kappa shape index (κ1) is 6.91. The third-order valence-corrected chi connectivity index (χ3v) is 5.29. The van der Waals surface area contributed by atoms with Gasteiger partial charge in [-0.1, -0.05) is 0 Å². The van der Waals surface area contributed by atoms with Gasteiger partial charge in [0.05, 0.1) is 0 Å². The van der Waals surface area contributed by atoms with Crippen LogP contribution in [-0.2, 0) is 0 Å². The Morgan fingerprint density at radius 1 is 1.20 bits per heavy atom. The van der Waals surface area contributed by atoms with E-state index in [9.17, 15) is 0 Å². The predicted molar refractivity (Wildman–Crippen MR) is 48.6 cm³/mol. The number of fused-ring (bicyclic) bond motifs is 1. The van der Waals surface area contributed by atoms with Crippen molar-refractivity contribution in [1.29, 1.82) is 0 Å². The number of rotatable bonds is 0. The first-order valence-electron chi connectivity index (χ1n) is 3.00. The van der Waals surface area contributed by atoms with E-state index in [-0.39, 0.29) is 20.4 Å². The normalized spacial score (nSPS) is 10.5. The van der Waals surface area contributed by atoms with Crippen LogP contribution in [0.5, 0.6) is 0 Å². The van der Waals surface area contributed by atoms with Gasteiger partial charge in [0.25, 0.3) is 0 Å². The Morgan fingerprint density at radius 3 is 2.80 bits per heavy atom. The fourth-order valence-electron chi connectivity index (χ4n) is 0.949. The molecule has 0 atom stereocenters. The van der Waals surface area contributed by atoms with E-state index in [1.807, 2.05) is 0 Å². The Kier molecular flexibility index (Phi) is 1.86. The molecule has 0 radical (unpaired) electrons. The molecule has 10 heavy (non-hydrogen) atoms. The predicted octanol–water partition coefficient (Wildman–Crippen LogP) is 2.66. The van der Waals surface area contributed by atoms with Crippen molar-refractivity contribution in [2.45, 2.75) is 0 Å². The van der Waals surface area contributed by atoms with E-state index in [2.05, 4.69) is 46.3 Å². The summed E-state index contributed by atoms with van der Waals surface area (Å²) in [4.78, 5) is 0.